The maximum atomic E-state index is 12.6. The van der Waals surface area contributed by atoms with Crippen LogP contribution in [-0.2, 0) is 20.0 Å². The summed E-state index contributed by atoms with van der Waals surface area (Å²) in [5.74, 6) is -0.0649. The van der Waals surface area contributed by atoms with Crippen molar-refractivity contribution in [1.29, 1.82) is 0 Å². The number of hydrogen-bond donors (Lipinski definition) is 1. The smallest absolute Gasteiger partial charge is 0.268 e. The molecule has 1 aromatic carbocycles. The Kier molecular flexibility index (Phi) is 4.15. The molecule has 2 heterocycles. The van der Waals surface area contributed by atoms with E-state index in [9.17, 15) is 4.79 Å². The van der Waals surface area contributed by atoms with Gasteiger partial charge in [-0.1, -0.05) is 19.1 Å². The summed E-state index contributed by atoms with van der Waals surface area (Å²) in [7, 11) is 1.94. The summed E-state index contributed by atoms with van der Waals surface area (Å²) >= 11 is 0. The van der Waals surface area contributed by atoms with Crippen molar-refractivity contribution >= 4 is 16.8 Å². The summed E-state index contributed by atoms with van der Waals surface area (Å²) in [5, 5.41) is 4.11. The van der Waals surface area contributed by atoms with E-state index in [1.54, 1.807) is 6.20 Å². The van der Waals surface area contributed by atoms with Gasteiger partial charge in [-0.25, -0.2) is 0 Å². The molecule has 0 bridgehead atoms. The van der Waals surface area contributed by atoms with E-state index >= 15 is 0 Å². The fourth-order valence-electron chi connectivity index (χ4n) is 2.98. The third-order valence-corrected chi connectivity index (χ3v) is 4.30. The Morgan fingerprint density at radius 1 is 1.26 bits per heavy atom. The number of hydrogen-bond acceptors (Lipinski definition) is 2. The van der Waals surface area contributed by atoms with E-state index in [-0.39, 0.29) is 5.91 Å². The number of nitrogens with one attached hydrogen (secondary N) is 1. The molecule has 3 rings (SSSR count). The summed E-state index contributed by atoms with van der Waals surface area (Å²) in [6.07, 6.45) is 2.72. The van der Waals surface area contributed by atoms with Gasteiger partial charge in [-0.15, -0.1) is 0 Å². The number of pyridine rings is 1. The molecule has 4 nitrogen and oxygen atoms in total. The molecule has 1 N–H and O–H groups in total. The number of carbonyl (C=O) groups excluding carboxylic acids is 1. The van der Waals surface area contributed by atoms with Crippen LogP contribution in [0.15, 0.2) is 42.6 Å². The lowest BCUT2D eigenvalue weighted by atomic mass is 10.1. The fraction of sp³-hybridized carbons (Fsp3) is 0.263. The minimum absolute atomic E-state index is 0.0649. The van der Waals surface area contributed by atoms with Gasteiger partial charge in [0.05, 0.1) is 12.2 Å². The zero-order chi connectivity index (χ0) is 16.4. The van der Waals surface area contributed by atoms with Gasteiger partial charge in [-0.3, -0.25) is 9.78 Å². The van der Waals surface area contributed by atoms with Gasteiger partial charge in [0.1, 0.15) is 5.69 Å². The lowest BCUT2D eigenvalue weighted by Gasteiger charge is -2.07. The average molecular weight is 307 g/mol. The molecule has 23 heavy (non-hydrogen) atoms. The quantitative estimate of drug-likeness (QED) is 0.803. The van der Waals surface area contributed by atoms with Gasteiger partial charge in [0.2, 0.25) is 0 Å². The summed E-state index contributed by atoms with van der Waals surface area (Å²) < 4.78 is 1.97. The standard InChI is InChI=1S/C19H21N3O/c1-4-14-8-9-17-16(11-14)13(2)18(22(17)3)19(23)21-12-15-7-5-6-10-20-15/h5-11H,4,12H2,1-3H3,(H,21,23). The molecule has 0 radical (unpaired) electrons. The van der Waals surface area contributed by atoms with E-state index in [0.29, 0.717) is 12.2 Å². The molecule has 4 heteroatoms. The first-order chi connectivity index (χ1) is 11.1. The molecule has 2 aromatic heterocycles. The molecule has 0 fully saturated rings. The van der Waals surface area contributed by atoms with Gasteiger partial charge >= 0.3 is 0 Å². The molecule has 3 aromatic rings. The summed E-state index contributed by atoms with van der Waals surface area (Å²) in [5.41, 5.74) is 4.96. The molecule has 0 atom stereocenters. The molecular weight excluding hydrogens is 286 g/mol. The van der Waals surface area contributed by atoms with Crippen molar-refractivity contribution in [2.75, 3.05) is 0 Å². The van der Waals surface area contributed by atoms with Gasteiger partial charge in [0.15, 0.2) is 0 Å². The predicted octanol–water partition coefficient (Wildman–Crippen LogP) is 3.37. The zero-order valence-corrected chi connectivity index (χ0v) is 13.8. The monoisotopic (exact) mass is 307 g/mol. The number of aryl methyl sites for hydroxylation is 3. The summed E-state index contributed by atoms with van der Waals surface area (Å²) in [6, 6.07) is 12.1. The highest BCUT2D eigenvalue weighted by Gasteiger charge is 2.18. The number of rotatable bonds is 4. The van der Waals surface area contributed by atoms with Crippen molar-refractivity contribution in [1.82, 2.24) is 14.9 Å². The fourth-order valence-corrected chi connectivity index (χ4v) is 2.98. The van der Waals surface area contributed by atoms with E-state index < -0.39 is 0 Å². The van der Waals surface area contributed by atoms with Gasteiger partial charge in [-0.2, -0.15) is 0 Å². The Labute approximate surface area is 136 Å². The van der Waals surface area contributed by atoms with E-state index in [2.05, 4.69) is 35.4 Å². The lowest BCUT2D eigenvalue weighted by molar-refractivity contribution is 0.0942. The molecule has 0 aliphatic carbocycles. The SMILES string of the molecule is CCc1ccc2c(c1)c(C)c(C(=O)NCc1ccccn1)n2C. The van der Waals surface area contributed by atoms with Crippen molar-refractivity contribution in [3.63, 3.8) is 0 Å². The highest BCUT2D eigenvalue weighted by Crippen LogP contribution is 2.26. The molecule has 118 valence electrons. The first-order valence-corrected chi connectivity index (χ1v) is 7.87. The lowest BCUT2D eigenvalue weighted by Crippen LogP contribution is -2.26. The number of aromatic nitrogens is 2. The summed E-state index contributed by atoms with van der Waals surface area (Å²) in [6.45, 7) is 4.58. The van der Waals surface area contributed by atoms with Crippen LogP contribution in [-0.4, -0.2) is 15.5 Å². The van der Waals surface area contributed by atoms with Crippen molar-refractivity contribution in [2.24, 2.45) is 7.05 Å². The van der Waals surface area contributed by atoms with Crippen molar-refractivity contribution in [3.8, 4) is 0 Å². The Hall–Kier alpha value is -2.62. The Morgan fingerprint density at radius 2 is 2.09 bits per heavy atom. The van der Waals surface area contributed by atoms with Crippen LogP contribution in [0, 0.1) is 6.92 Å². The second-order valence-electron chi connectivity index (χ2n) is 5.74. The Balaban J connectivity index is 1.91. The number of fused-ring (bicyclic) bond motifs is 1. The minimum atomic E-state index is -0.0649. The minimum Gasteiger partial charge on any atom is -0.345 e. The highest BCUT2D eigenvalue weighted by atomic mass is 16.1. The first-order valence-electron chi connectivity index (χ1n) is 7.87. The van der Waals surface area contributed by atoms with Crippen molar-refractivity contribution in [3.05, 3.63) is 65.1 Å². The number of amides is 1. The second-order valence-corrected chi connectivity index (χ2v) is 5.74. The van der Waals surface area contributed by atoms with Crippen LogP contribution in [0.3, 0.4) is 0 Å². The summed E-state index contributed by atoms with van der Waals surface area (Å²) in [4.78, 5) is 16.9. The zero-order valence-electron chi connectivity index (χ0n) is 13.8. The normalized spacial score (nSPS) is 10.9. The number of nitrogens with zero attached hydrogens (tertiary/aromatic N) is 2. The van der Waals surface area contributed by atoms with Crippen molar-refractivity contribution < 1.29 is 4.79 Å². The second kappa shape index (κ2) is 6.24. The first kappa shape index (κ1) is 15.3. The number of carbonyl (C=O) groups is 1. The van der Waals surface area contributed by atoms with E-state index in [0.717, 1.165) is 28.6 Å². The third kappa shape index (κ3) is 2.84. The van der Waals surface area contributed by atoms with E-state index in [1.807, 2.05) is 36.7 Å². The van der Waals surface area contributed by atoms with Crippen LogP contribution in [0.25, 0.3) is 10.9 Å². The van der Waals surface area contributed by atoms with Crippen LogP contribution >= 0.6 is 0 Å². The third-order valence-electron chi connectivity index (χ3n) is 4.30. The largest absolute Gasteiger partial charge is 0.345 e. The molecule has 0 spiro atoms. The van der Waals surface area contributed by atoms with Crippen LogP contribution in [0.2, 0.25) is 0 Å². The molecule has 0 aliphatic heterocycles. The maximum absolute atomic E-state index is 12.6. The van der Waals surface area contributed by atoms with Crippen LogP contribution in [0.4, 0.5) is 0 Å². The molecule has 0 unspecified atom stereocenters. The van der Waals surface area contributed by atoms with Gasteiger partial charge in [0.25, 0.3) is 5.91 Å². The van der Waals surface area contributed by atoms with Gasteiger partial charge in [-0.05, 0) is 48.7 Å². The molecule has 1 amide bonds. The molecular formula is C19H21N3O. The maximum Gasteiger partial charge on any atom is 0.268 e. The molecule has 0 saturated heterocycles. The number of benzene rings is 1. The van der Waals surface area contributed by atoms with Crippen LogP contribution < -0.4 is 5.32 Å². The Morgan fingerprint density at radius 3 is 2.78 bits per heavy atom. The topological polar surface area (TPSA) is 46.9 Å². The highest BCUT2D eigenvalue weighted by molar-refractivity contribution is 6.01. The van der Waals surface area contributed by atoms with Crippen LogP contribution in [0.5, 0.6) is 0 Å². The van der Waals surface area contributed by atoms with Crippen LogP contribution in [0.1, 0.15) is 34.2 Å². The predicted molar refractivity (Wildman–Crippen MR) is 92.4 cm³/mol. The van der Waals surface area contributed by atoms with Gasteiger partial charge in [0, 0.05) is 24.1 Å². The molecule has 0 saturated carbocycles. The van der Waals surface area contributed by atoms with E-state index in [4.69, 9.17) is 0 Å². The van der Waals surface area contributed by atoms with Crippen molar-refractivity contribution in [2.45, 2.75) is 26.8 Å². The van der Waals surface area contributed by atoms with Gasteiger partial charge < -0.3 is 9.88 Å². The van der Waals surface area contributed by atoms with E-state index in [1.165, 1.54) is 5.56 Å². The average Bonchev–Trinajstić information content (AvgIpc) is 2.84. The Bertz CT molecular complexity index is 850. The molecule has 0 aliphatic rings.